The molecular formula is C16H17F3N2O2S. The van der Waals surface area contributed by atoms with E-state index in [9.17, 15) is 18.0 Å². The molecule has 0 aliphatic heterocycles. The number of hydrogen-bond acceptors (Lipinski definition) is 5. The number of rotatable bonds is 7. The Morgan fingerprint density at radius 1 is 1.38 bits per heavy atom. The van der Waals surface area contributed by atoms with Crippen molar-refractivity contribution in [2.45, 2.75) is 19.6 Å². The Balaban J connectivity index is 2.16. The first-order valence-electron chi connectivity index (χ1n) is 7.18. The van der Waals surface area contributed by atoms with Crippen molar-refractivity contribution in [3.63, 3.8) is 0 Å². The van der Waals surface area contributed by atoms with Gasteiger partial charge in [-0.2, -0.15) is 13.2 Å². The third-order valence-corrected chi connectivity index (χ3v) is 4.64. The number of thiophene rings is 1. The molecule has 0 fully saturated rings. The van der Waals surface area contributed by atoms with Gasteiger partial charge in [0, 0.05) is 35.4 Å². The van der Waals surface area contributed by atoms with Crippen molar-refractivity contribution < 1.29 is 22.7 Å². The van der Waals surface area contributed by atoms with E-state index in [-0.39, 0.29) is 6.61 Å². The van der Waals surface area contributed by atoms with Crippen molar-refractivity contribution >= 4 is 17.8 Å². The number of nitrogens with zero attached hydrogens (tertiary/aromatic N) is 2. The lowest BCUT2D eigenvalue weighted by Crippen LogP contribution is -2.23. The van der Waals surface area contributed by atoms with Gasteiger partial charge in [0.1, 0.15) is 11.5 Å². The predicted octanol–water partition coefficient (Wildman–Crippen LogP) is 3.74. The quantitative estimate of drug-likeness (QED) is 0.559. The molecule has 2 heterocycles. The second kappa shape index (κ2) is 7.76. The molecule has 0 saturated carbocycles. The van der Waals surface area contributed by atoms with Gasteiger partial charge in [0.15, 0.2) is 0 Å². The molecule has 4 nitrogen and oxygen atoms in total. The summed E-state index contributed by atoms with van der Waals surface area (Å²) in [6.07, 6.45) is -2.75. The Morgan fingerprint density at radius 3 is 2.75 bits per heavy atom. The maximum Gasteiger partial charge on any atom is 0.425 e. The highest BCUT2D eigenvalue weighted by molar-refractivity contribution is 7.15. The number of carbonyl (C=O) groups excluding carboxylic acids is 1. The van der Waals surface area contributed by atoms with Gasteiger partial charge in [0.25, 0.3) is 6.47 Å². The molecule has 0 aliphatic rings. The molecule has 8 heteroatoms. The Kier molecular flexibility index (Phi) is 5.95. The van der Waals surface area contributed by atoms with E-state index in [2.05, 4.69) is 9.72 Å². The van der Waals surface area contributed by atoms with Crippen LogP contribution in [0.1, 0.15) is 16.1 Å². The van der Waals surface area contributed by atoms with Crippen LogP contribution in [0.3, 0.4) is 0 Å². The summed E-state index contributed by atoms with van der Waals surface area (Å²) in [7, 11) is 1.87. The summed E-state index contributed by atoms with van der Waals surface area (Å²) in [5.74, 6) is 0. The van der Waals surface area contributed by atoms with E-state index in [0.717, 1.165) is 17.3 Å². The summed E-state index contributed by atoms with van der Waals surface area (Å²) in [5, 5.41) is 0. The van der Waals surface area contributed by atoms with E-state index in [4.69, 9.17) is 0 Å². The van der Waals surface area contributed by atoms with Crippen LogP contribution in [-0.4, -0.2) is 36.6 Å². The number of aromatic nitrogens is 1. The number of pyridine rings is 1. The molecule has 0 radical (unpaired) electrons. The van der Waals surface area contributed by atoms with Crippen LogP contribution in [0.15, 0.2) is 24.4 Å². The minimum atomic E-state index is -4.33. The van der Waals surface area contributed by atoms with Crippen LogP contribution >= 0.6 is 11.3 Å². The van der Waals surface area contributed by atoms with Gasteiger partial charge in [0.05, 0.1) is 0 Å². The number of alkyl halides is 3. The third-order valence-electron chi connectivity index (χ3n) is 3.46. The summed E-state index contributed by atoms with van der Waals surface area (Å²) >= 11 is 0.706. The van der Waals surface area contributed by atoms with Crippen LogP contribution in [0.25, 0.3) is 10.4 Å². The molecule has 2 aromatic rings. The molecule has 0 saturated heterocycles. The summed E-state index contributed by atoms with van der Waals surface area (Å²) in [4.78, 5) is 16.3. The van der Waals surface area contributed by atoms with Crippen LogP contribution in [0.5, 0.6) is 0 Å². The molecule has 2 rings (SSSR count). The van der Waals surface area contributed by atoms with Gasteiger partial charge in [-0.05, 0) is 37.7 Å². The van der Waals surface area contributed by atoms with E-state index < -0.39 is 11.1 Å². The van der Waals surface area contributed by atoms with Crippen molar-refractivity contribution in [1.82, 2.24) is 9.88 Å². The van der Waals surface area contributed by atoms with E-state index >= 15 is 0 Å². The summed E-state index contributed by atoms with van der Waals surface area (Å²) in [5.41, 5.74) is 2.39. The molecule has 2 aromatic heterocycles. The van der Waals surface area contributed by atoms with Crippen molar-refractivity contribution in [2.75, 3.05) is 20.2 Å². The Morgan fingerprint density at radius 2 is 2.12 bits per heavy atom. The van der Waals surface area contributed by atoms with Crippen molar-refractivity contribution in [3.8, 4) is 10.4 Å². The van der Waals surface area contributed by atoms with Crippen LogP contribution in [0.4, 0.5) is 13.2 Å². The highest BCUT2D eigenvalue weighted by atomic mass is 32.1. The first kappa shape index (κ1) is 18.4. The van der Waals surface area contributed by atoms with Crippen molar-refractivity contribution in [2.24, 2.45) is 0 Å². The average Bonchev–Trinajstić information content (AvgIpc) is 3.00. The summed E-state index contributed by atoms with van der Waals surface area (Å²) in [6, 6.07) is 4.40. The number of likely N-dealkylation sites (N-methyl/N-ethyl adjacent to an activating group) is 1. The van der Waals surface area contributed by atoms with Crippen molar-refractivity contribution in [1.29, 1.82) is 0 Å². The lowest BCUT2D eigenvalue weighted by Gasteiger charge is -2.17. The maximum atomic E-state index is 12.7. The SMILES string of the molecule is Cc1ncc(-c2ccc(C(F)(F)F)s2)cc1CN(C)CCOC=O. The van der Waals surface area contributed by atoms with Crippen LogP contribution in [-0.2, 0) is 22.3 Å². The second-order valence-electron chi connectivity index (χ2n) is 5.33. The summed E-state index contributed by atoms with van der Waals surface area (Å²) < 4.78 is 42.9. The van der Waals surface area contributed by atoms with Gasteiger partial charge in [-0.25, -0.2) is 0 Å². The topological polar surface area (TPSA) is 42.4 Å². The molecule has 0 aliphatic carbocycles. The standard InChI is InChI=1S/C16H17F3N2O2S/c1-11-13(9-21(2)5-6-23-10-22)7-12(8-20-11)14-3-4-15(24-14)16(17,18)19/h3-4,7-8,10H,5-6,9H2,1-2H3. The van der Waals surface area contributed by atoms with Gasteiger partial charge in [0.2, 0.25) is 0 Å². The number of carbonyl (C=O) groups is 1. The Hall–Kier alpha value is -1.93. The van der Waals surface area contributed by atoms with E-state index in [1.165, 1.54) is 6.07 Å². The maximum absolute atomic E-state index is 12.7. The molecule has 130 valence electrons. The minimum absolute atomic E-state index is 0.284. The van der Waals surface area contributed by atoms with Gasteiger partial charge >= 0.3 is 6.18 Å². The van der Waals surface area contributed by atoms with Crippen molar-refractivity contribution in [3.05, 3.63) is 40.5 Å². The molecule has 0 atom stereocenters. The van der Waals surface area contributed by atoms with Crippen LogP contribution in [0, 0.1) is 6.92 Å². The molecule has 0 bridgehead atoms. The third kappa shape index (κ3) is 4.78. The summed E-state index contributed by atoms with van der Waals surface area (Å²) in [6.45, 7) is 3.65. The average molecular weight is 358 g/mol. The van der Waals surface area contributed by atoms with E-state index in [1.54, 1.807) is 6.20 Å². The molecule has 0 amide bonds. The lowest BCUT2D eigenvalue weighted by atomic mass is 10.1. The zero-order valence-electron chi connectivity index (χ0n) is 13.3. The number of ether oxygens (including phenoxy) is 1. The van der Waals surface area contributed by atoms with Gasteiger partial charge < -0.3 is 4.74 Å². The highest BCUT2D eigenvalue weighted by Gasteiger charge is 2.32. The van der Waals surface area contributed by atoms with Gasteiger partial charge in [-0.15, -0.1) is 11.3 Å². The van der Waals surface area contributed by atoms with Gasteiger partial charge in [-0.1, -0.05) is 0 Å². The predicted molar refractivity (Wildman–Crippen MR) is 85.6 cm³/mol. The largest absolute Gasteiger partial charge is 0.467 e. The first-order valence-corrected chi connectivity index (χ1v) is 7.99. The van der Waals surface area contributed by atoms with E-state index in [0.29, 0.717) is 41.3 Å². The fraction of sp³-hybridized carbons (Fsp3) is 0.375. The molecular weight excluding hydrogens is 341 g/mol. The molecule has 0 aromatic carbocycles. The number of aryl methyl sites for hydroxylation is 1. The number of hydrogen-bond donors (Lipinski definition) is 0. The monoisotopic (exact) mass is 358 g/mol. The minimum Gasteiger partial charge on any atom is -0.467 e. The Labute approximate surface area is 141 Å². The second-order valence-corrected chi connectivity index (χ2v) is 6.42. The zero-order valence-corrected chi connectivity index (χ0v) is 14.1. The molecule has 0 N–H and O–H groups in total. The van der Waals surface area contributed by atoms with Crippen LogP contribution < -0.4 is 0 Å². The molecule has 0 spiro atoms. The number of halogens is 3. The fourth-order valence-corrected chi connectivity index (χ4v) is 3.00. The molecule has 24 heavy (non-hydrogen) atoms. The van der Waals surface area contributed by atoms with Gasteiger partial charge in [-0.3, -0.25) is 14.7 Å². The molecule has 0 unspecified atom stereocenters. The first-order chi connectivity index (χ1) is 11.3. The normalized spacial score (nSPS) is 11.8. The Bertz CT molecular complexity index is 701. The lowest BCUT2D eigenvalue weighted by molar-refractivity contribution is -0.134. The smallest absolute Gasteiger partial charge is 0.425 e. The van der Waals surface area contributed by atoms with E-state index in [1.807, 2.05) is 24.9 Å². The zero-order chi connectivity index (χ0) is 17.7. The van der Waals surface area contributed by atoms with Crippen LogP contribution in [0.2, 0.25) is 0 Å². The fourth-order valence-electron chi connectivity index (χ4n) is 2.15. The highest BCUT2D eigenvalue weighted by Crippen LogP contribution is 2.38.